The van der Waals surface area contributed by atoms with Crippen molar-refractivity contribution in [3.05, 3.63) is 76.1 Å². The second kappa shape index (κ2) is 9.23. The smallest absolute Gasteiger partial charge is 0.258 e. The van der Waals surface area contributed by atoms with Crippen molar-refractivity contribution < 1.29 is 9.53 Å². The molecule has 4 aromatic rings. The van der Waals surface area contributed by atoms with Crippen LogP contribution < -0.4 is 15.6 Å². The standard InChI is InChI=1S/C22H22N6O3S/c1-13(23-20(29)14-8-10-15(31-3)11-9-14)19-26-27-22(28(19)2)32-12-18-24-17-7-5-4-6-16(17)21(30)25-18/h4-11,13H,12H2,1-3H3,(H,23,29)(H,24,25,30)/t13-/m0/s1. The number of carbonyl (C=O) groups excluding carboxylic acids is 1. The van der Waals surface area contributed by atoms with Gasteiger partial charge in [-0.25, -0.2) is 4.98 Å². The van der Waals surface area contributed by atoms with Gasteiger partial charge in [0.2, 0.25) is 0 Å². The number of hydrogen-bond donors (Lipinski definition) is 2. The minimum atomic E-state index is -0.352. The summed E-state index contributed by atoms with van der Waals surface area (Å²) in [5.74, 6) is 2.08. The summed E-state index contributed by atoms with van der Waals surface area (Å²) in [7, 11) is 3.42. The fraction of sp³-hybridized carbons (Fsp3) is 0.227. The molecule has 0 fully saturated rings. The van der Waals surface area contributed by atoms with Gasteiger partial charge in [-0.2, -0.15) is 0 Å². The zero-order valence-electron chi connectivity index (χ0n) is 17.8. The number of thioether (sulfide) groups is 1. The first-order valence-corrected chi connectivity index (χ1v) is 10.9. The molecule has 2 aromatic carbocycles. The van der Waals surface area contributed by atoms with E-state index in [1.54, 1.807) is 37.4 Å². The minimum Gasteiger partial charge on any atom is -0.497 e. The first-order valence-electron chi connectivity index (χ1n) is 9.91. The van der Waals surface area contributed by atoms with Crippen molar-refractivity contribution in [1.29, 1.82) is 0 Å². The highest BCUT2D eigenvalue weighted by molar-refractivity contribution is 7.98. The molecule has 2 aromatic heterocycles. The van der Waals surface area contributed by atoms with Gasteiger partial charge in [0.25, 0.3) is 11.5 Å². The average Bonchev–Trinajstić information content (AvgIpc) is 3.18. The predicted molar refractivity (Wildman–Crippen MR) is 122 cm³/mol. The molecule has 0 bridgehead atoms. The summed E-state index contributed by atoms with van der Waals surface area (Å²) < 4.78 is 6.94. The lowest BCUT2D eigenvalue weighted by Gasteiger charge is -2.14. The Labute approximate surface area is 188 Å². The lowest BCUT2D eigenvalue weighted by atomic mass is 10.2. The van der Waals surface area contributed by atoms with E-state index in [0.717, 1.165) is 0 Å². The van der Waals surface area contributed by atoms with Crippen LogP contribution in [0.2, 0.25) is 0 Å². The number of fused-ring (bicyclic) bond motifs is 1. The molecule has 1 atom stereocenters. The number of amides is 1. The molecule has 164 valence electrons. The Balaban J connectivity index is 1.43. The fourth-order valence-electron chi connectivity index (χ4n) is 3.25. The Morgan fingerprint density at radius 3 is 2.69 bits per heavy atom. The molecular formula is C22H22N6O3S. The molecule has 0 saturated heterocycles. The van der Waals surface area contributed by atoms with Crippen LogP contribution in [0.1, 0.15) is 35.0 Å². The van der Waals surface area contributed by atoms with Crippen LogP contribution in [0.5, 0.6) is 5.75 Å². The summed E-state index contributed by atoms with van der Waals surface area (Å²) >= 11 is 1.41. The van der Waals surface area contributed by atoms with Gasteiger partial charge in [0.05, 0.1) is 29.8 Å². The maximum atomic E-state index is 12.5. The molecule has 0 aliphatic heterocycles. The number of carbonyl (C=O) groups is 1. The van der Waals surface area contributed by atoms with Crippen molar-refractivity contribution >= 4 is 28.6 Å². The third-order valence-electron chi connectivity index (χ3n) is 4.96. The first-order chi connectivity index (χ1) is 15.5. The van der Waals surface area contributed by atoms with E-state index in [1.165, 1.54) is 11.8 Å². The van der Waals surface area contributed by atoms with Crippen LogP contribution in [0, 0.1) is 0 Å². The van der Waals surface area contributed by atoms with E-state index in [4.69, 9.17) is 4.74 Å². The highest BCUT2D eigenvalue weighted by Gasteiger charge is 2.19. The number of hydrogen-bond acceptors (Lipinski definition) is 7. The van der Waals surface area contributed by atoms with E-state index in [2.05, 4.69) is 25.5 Å². The molecule has 4 rings (SSSR count). The third-order valence-corrected chi connectivity index (χ3v) is 5.99. The van der Waals surface area contributed by atoms with E-state index in [1.807, 2.05) is 36.7 Å². The molecule has 0 unspecified atom stereocenters. The Bertz CT molecular complexity index is 1320. The molecule has 2 heterocycles. The highest BCUT2D eigenvalue weighted by atomic mass is 32.2. The van der Waals surface area contributed by atoms with Crippen molar-refractivity contribution in [3.63, 3.8) is 0 Å². The van der Waals surface area contributed by atoms with Gasteiger partial charge in [0.15, 0.2) is 11.0 Å². The van der Waals surface area contributed by atoms with E-state index in [9.17, 15) is 9.59 Å². The highest BCUT2D eigenvalue weighted by Crippen LogP contribution is 2.22. The number of nitrogens with zero attached hydrogens (tertiary/aromatic N) is 4. The van der Waals surface area contributed by atoms with Crippen molar-refractivity contribution in [3.8, 4) is 5.75 Å². The summed E-state index contributed by atoms with van der Waals surface area (Å²) in [4.78, 5) is 32.1. The zero-order valence-corrected chi connectivity index (χ0v) is 18.6. The molecule has 0 aliphatic carbocycles. The van der Waals surface area contributed by atoms with Crippen molar-refractivity contribution in [2.45, 2.75) is 23.9 Å². The number of aromatic nitrogens is 5. The first kappa shape index (κ1) is 21.6. The van der Waals surface area contributed by atoms with Crippen LogP contribution in [0.3, 0.4) is 0 Å². The second-order valence-electron chi connectivity index (χ2n) is 7.14. The molecule has 10 heteroatoms. The molecule has 0 saturated carbocycles. The van der Waals surface area contributed by atoms with Crippen LogP contribution in [0.4, 0.5) is 0 Å². The van der Waals surface area contributed by atoms with Crippen LogP contribution in [0.15, 0.2) is 58.5 Å². The summed E-state index contributed by atoms with van der Waals surface area (Å²) in [5.41, 5.74) is 1.01. The van der Waals surface area contributed by atoms with Gasteiger partial charge in [0, 0.05) is 12.6 Å². The number of rotatable bonds is 7. The number of H-pyrrole nitrogens is 1. The molecule has 0 aliphatic rings. The van der Waals surface area contributed by atoms with Gasteiger partial charge >= 0.3 is 0 Å². The second-order valence-corrected chi connectivity index (χ2v) is 8.08. The molecule has 1 amide bonds. The number of benzene rings is 2. The Morgan fingerprint density at radius 1 is 1.19 bits per heavy atom. The summed E-state index contributed by atoms with van der Waals surface area (Å²) in [6.07, 6.45) is 0. The average molecular weight is 451 g/mol. The number of aromatic amines is 1. The van der Waals surface area contributed by atoms with Gasteiger partial charge in [-0.05, 0) is 43.3 Å². The predicted octanol–water partition coefficient (Wildman–Crippen LogP) is 2.84. The van der Waals surface area contributed by atoms with Crippen LogP contribution in [0.25, 0.3) is 10.9 Å². The van der Waals surface area contributed by atoms with Crippen molar-refractivity contribution in [2.75, 3.05) is 7.11 Å². The molecule has 32 heavy (non-hydrogen) atoms. The molecule has 0 spiro atoms. The maximum absolute atomic E-state index is 12.5. The quantitative estimate of drug-likeness (QED) is 0.416. The summed E-state index contributed by atoms with van der Waals surface area (Å²) in [6, 6.07) is 13.7. The minimum absolute atomic E-state index is 0.167. The summed E-state index contributed by atoms with van der Waals surface area (Å²) in [6.45, 7) is 1.85. The normalized spacial score (nSPS) is 12.0. The monoisotopic (exact) mass is 450 g/mol. The van der Waals surface area contributed by atoms with Crippen LogP contribution >= 0.6 is 11.8 Å². The molecule has 2 N–H and O–H groups in total. The zero-order chi connectivity index (χ0) is 22.7. The number of nitrogens with one attached hydrogen (secondary N) is 2. The van der Waals surface area contributed by atoms with E-state index >= 15 is 0 Å². The van der Waals surface area contributed by atoms with Gasteiger partial charge in [-0.1, -0.05) is 23.9 Å². The van der Waals surface area contributed by atoms with Gasteiger partial charge in [-0.15, -0.1) is 10.2 Å². The number of ether oxygens (including phenoxy) is 1. The SMILES string of the molecule is COc1ccc(C(=O)N[C@@H](C)c2nnc(SCc3nc4ccccc4c(=O)[nH]3)n2C)cc1. The van der Waals surface area contributed by atoms with E-state index in [-0.39, 0.29) is 17.5 Å². The lowest BCUT2D eigenvalue weighted by Crippen LogP contribution is -2.28. The molecule has 0 radical (unpaired) electrons. The number of para-hydroxylation sites is 1. The maximum Gasteiger partial charge on any atom is 0.258 e. The Morgan fingerprint density at radius 2 is 1.94 bits per heavy atom. The van der Waals surface area contributed by atoms with Crippen LogP contribution in [-0.2, 0) is 12.8 Å². The third kappa shape index (κ3) is 4.50. The van der Waals surface area contributed by atoms with Gasteiger partial charge in [0.1, 0.15) is 11.6 Å². The lowest BCUT2D eigenvalue weighted by molar-refractivity contribution is 0.0937. The Kier molecular flexibility index (Phi) is 6.22. The van der Waals surface area contributed by atoms with Crippen LogP contribution in [-0.4, -0.2) is 37.7 Å². The summed E-state index contributed by atoms with van der Waals surface area (Å²) in [5, 5.41) is 12.6. The van der Waals surface area contributed by atoms with Crippen molar-refractivity contribution in [2.24, 2.45) is 7.05 Å². The van der Waals surface area contributed by atoms with Gasteiger partial charge < -0.3 is 19.6 Å². The van der Waals surface area contributed by atoms with Crippen molar-refractivity contribution in [1.82, 2.24) is 30.0 Å². The topological polar surface area (TPSA) is 115 Å². The van der Waals surface area contributed by atoms with E-state index in [0.29, 0.717) is 44.8 Å². The van der Waals surface area contributed by atoms with Gasteiger partial charge in [-0.3, -0.25) is 9.59 Å². The van der Waals surface area contributed by atoms with E-state index < -0.39 is 0 Å². The Hall–Kier alpha value is -3.66. The fourth-order valence-corrected chi connectivity index (χ4v) is 4.04. The molecule has 9 nitrogen and oxygen atoms in total. The number of methoxy groups -OCH3 is 1. The molecular weight excluding hydrogens is 428 g/mol. The largest absolute Gasteiger partial charge is 0.497 e.